The molecule has 2 aromatic carbocycles. The molecule has 258 valence electrons. The van der Waals surface area contributed by atoms with Crippen LogP contribution >= 0.6 is 0 Å². The second kappa shape index (κ2) is 16.0. The lowest BCUT2D eigenvalue weighted by atomic mass is 9.94. The Morgan fingerprint density at radius 3 is 2.33 bits per heavy atom. The van der Waals surface area contributed by atoms with Crippen molar-refractivity contribution in [1.82, 2.24) is 10.3 Å². The largest absolute Gasteiger partial charge is 0.496 e. The summed E-state index contributed by atoms with van der Waals surface area (Å²) in [6, 6.07) is 11.5. The van der Waals surface area contributed by atoms with E-state index in [1.165, 1.54) is 32.2 Å². The van der Waals surface area contributed by atoms with Gasteiger partial charge in [-0.15, -0.1) is 0 Å². The van der Waals surface area contributed by atoms with Gasteiger partial charge in [0, 0.05) is 47.0 Å². The molecule has 0 spiro atoms. The standard InChI is InChI=1S/C36H42N6O7/c1-6-19(3)30(37)35(45)48-20(4)49-36(46)31-25(14-15-28(42-31)34(44)40-18-21-8-9-21)26-17-29(47-5)22(7-2)16-27(26)33(43)41-24-12-10-23(11-13-24)32(38)39/h7,10-17,19-21,30H,2,6,8-9,18,37H2,1,3-5H3,(H3,38,39)(H,40,44)(H,41,43)/t19?,20?,30-/m0/s1. The predicted octanol–water partition coefficient (Wildman–Crippen LogP) is 4.50. The fraction of sp³-hybridized carbons (Fsp3) is 0.333. The Morgan fingerprint density at radius 1 is 1.04 bits per heavy atom. The number of nitrogens with two attached hydrogens (primary N) is 2. The van der Waals surface area contributed by atoms with Gasteiger partial charge >= 0.3 is 11.9 Å². The summed E-state index contributed by atoms with van der Waals surface area (Å²) in [6.07, 6.45) is 2.85. The van der Waals surface area contributed by atoms with Crippen LogP contribution in [0.4, 0.5) is 5.69 Å². The van der Waals surface area contributed by atoms with Crippen molar-refractivity contribution in [3.8, 4) is 16.9 Å². The van der Waals surface area contributed by atoms with Crippen molar-refractivity contribution in [2.24, 2.45) is 23.3 Å². The maximum Gasteiger partial charge on any atom is 0.360 e. The fourth-order valence-corrected chi connectivity index (χ4v) is 4.84. The molecule has 3 atom stereocenters. The molecular formula is C36H42N6O7. The normalized spacial score (nSPS) is 14.1. The highest BCUT2D eigenvalue weighted by molar-refractivity contribution is 6.11. The second-order valence-corrected chi connectivity index (χ2v) is 11.9. The summed E-state index contributed by atoms with van der Waals surface area (Å²) in [5, 5.41) is 13.3. The summed E-state index contributed by atoms with van der Waals surface area (Å²) in [5.41, 5.74) is 13.1. The smallest absolute Gasteiger partial charge is 0.360 e. The third-order valence-electron chi connectivity index (χ3n) is 8.23. The summed E-state index contributed by atoms with van der Waals surface area (Å²) in [6.45, 7) is 9.35. The Morgan fingerprint density at radius 2 is 1.73 bits per heavy atom. The molecule has 4 rings (SSSR count). The molecule has 1 fully saturated rings. The third kappa shape index (κ3) is 9.08. The highest BCUT2D eigenvalue weighted by atomic mass is 16.7. The number of aromatic nitrogens is 1. The summed E-state index contributed by atoms with van der Waals surface area (Å²) >= 11 is 0. The summed E-state index contributed by atoms with van der Waals surface area (Å²) in [5.74, 6) is -2.33. The lowest BCUT2D eigenvalue weighted by Gasteiger charge is -2.21. The molecule has 1 aromatic heterocycles. The summed E-state index contributed by atoms with van der Waals surface area (Å²) in [7, 11) is 1.45. The average molecular weight is 671 g/mol. The molecule has 2 amide bonds. The lowest BCUT2D eigenvalue weighted by molar-refractivity contribution is -0.168. The van der Waals surface area contributed by atoms with Crippen LogP contribution in [0.15, 0.2) is 55.1 Å². The van der Waals surface area contributed by atoms with Gasteiger partial charge in [0.2, 0.25) is 6.29 Å². The zero-order chi connectivity index (χ0) is 35.8. The summed E-state index contributed by atoms with van der Waals surface area (Å²) in [4.78, 5) is 57.6. The van der Waals surface area contributed by atoms with Gasteiger partial charge in [-0.1, -0.05) is 32.9 Å². The Hall–Kier alpha value is -5.56. The number of nitrogens with one attached hydrogen (secondary N) is 3. The van der Waals surface area contributed by atoms with Crippen LogP contribution in [0.3, 0.4) is 0 Å². The van der Waals surface area contributed by atoms with Crippen molar-refractivity contribution >= 4 is 41.4 Å². The van der Waals surface area contributed by atoms with E-state index >= 15 is 0 Å². The number of hydrogen-bond donors (Lipinski definition) is 5. The van der Waals surface area contributed by atoms with Gasteiger partial charge < -0.3 is 36.3 Å². The van der Waals surface area contributed by atoms with Crippen LogP contribution in [0.5, 0.6) is 5.75 Å². The number of methoxy groups -OCH3 is 1. The molecule has 0 bridgehead atoms. The Bertz CT molecular complexity index is 1750. The topological polar surface area (TPSA) is 209 Å². The van der Waals surface area contributed by atoms with E-state index < -0.39 is 36.1 Å². The van der Waals surface area contributed by atoms with Gasteiger partial charge in [0.05, 0.1) is 7.11 Å². The number of amidine groups is 1. The predicted molar refractivity (Wildman–Crippen MR) is 185 cm³/mol. The minimum atomic E-state index is -1.35. The second-order valence-electron chi connectivity index (χ2n) is 11.9. The van der Waals surface area contributed by atoms with Crippen LogP contribution in [0, 0.1) is 17.2 Å². The highest BCUT2D eigenvalue weighted by Crippen LogP contribution is 2.35. The Labute approximate surface area is 284 Å². The fourth-order valence-electron chi connectivity index (χ4n) is 4.84. The van der Waals surface area contributed by atoms with E-state index in [2.05, 4.69) is 22.2 Å². The molecule has 1 aliphatic carbocycles. The minimum absolute atomic E-state index is 0.0500. The first-order valence-electron chi connectivity index (χ1n) is 15.9. The van der Waals surface area contributed by atoms with Crippen LogP contribution in [0.2, 0.25) is 0 Å². The zero-order valence-electron chi connectivity index (χ0n) is 28.0. The van der Waals surface area contributed by atoms with Crippen LogP contribution in [-0.2, 0) is 14.3 Å². The van der Waals surface area contributed by atoms with Crippen LogP contribution in [-0.4, -0.2) is 60.6 Å². The highest BCUT2D eigenvalue weighted by Gasteiger charge is 2.29. The van der Waals surface area contributed by atoms with E-state index in [1.807, 2.05) is 6.92 Å². The average Bonchev–Trinajstić information content (AvgIpc) is 3.93. The molecule has 7 N–H and O–H groups in total. The Kier molecular flexibility index (Phi) is 11.9. The number of esters is 2. The molecule has 1 heterocycles. The van der Waals surface area contributed by atoms with Crippen molar-refractivity contribution in [1.29, 1.82) is 5.41 Å². The monoisotopic (exact) mass is 670 g/mol. The van der Waals surface area contributed by atoms with Crippen molar-refractivity contribution in [3.05, 3.63) is 83.2 Å². The van der Waals surface area contributed by atoms with Crippen LogP contribution < -0.4 is 26.8 Å². The molecule has 0 saturated heterocycles. The zero-order valence-corrected chi connectivity index (χ0v) is 28.0. The third-order valence-corrected chi connectivity index (χ3v) is 8.23. The van der Waals surface area contributed by atoms with Crippen LogP contribution in [0.25, 0.3) is 17.2 Å². The first kappa shape index (κ1) is 36.3. The molecular weight excluding hydrogens is 628 g/mol. The van der Waals surface area contributed by atoms with Crippen molar-refractivity contribution in [3.63, 3.8) is 0 Å². The molecule has 13 heteroatoms. The van der Waals surface area contributed by atoms with Gasteiger partial charge in [-0.2, -0.15) is 0 Å². The van der Waals surface area contributed by atoms with E-state index in [0.717, 1.165) is 12.8 Å². The SMILES string of the molecule is C=Cc1cc(C(=O)Nc2ccc(C(=N)N)cc2)c(-c2ccc(C(=O)NCC3CC3)nc2C(=O)OC(C)OC(=O)[C@@H](N)C(C)CC)cc1OC. The number of carbonyl (C=O) groups excluding carboxylic acids is 4. The number of carbonyl (C=O) groups is 4. The number of benzene rings is 2. The number of nitrogen functional groups attached to an aromatic ring is 1. The quantitative estimate of drug-likeness (QED) is 0.0662. The Balaban J connectivity index is 1.76. The van der Waals surface area contributed by atoms with E-state index in [1.54, 1.807) is 43.3 Å². The number of anilines is 1. The first-order chi connectivity index (χ1) is 23.4. The molecule has 1 saturated carbocycles. The molecule has 0 radical (unpaired) electrons. The number of hydrogen-bond acceptors (Lipinski definition) is 10. The molecule has 2 unspecified atom stereocenters. The molecule has 1 aliphatic rings. The van der Waals surface area contributed by atoms with E-state index in [9.17, 15) is 19.2 Å². The number of rotatable bonds is 15. The van der Waals surface area contributed by atoms with Gasteiger partial charge in [-0.05, 0) is 73.2 Å². The van der Waals surface area contributed by atoms with E-state index in [4.69, 9.17) is 31.1 Å². The molecule has 13 nitrogen and oxygen atoms in total. The first-order valence-corrected chi connectivity index (χ1v) is 15.9. The molecule has 49 heavy (non-hydrogen) atoms. The minimum Gasteiger partial charge on any atom is -0.496 e. The number of ether oxygens (including phenoxy) is 3. The number of nitrogens with zero attached hydrogens (tertiary/aromatic N) is 1. The van der Waals surface area contributed by atoms with Gasteiger partial charge in [0.1, 0.15) is 23.3 Å². The van der Waals surface area contributed by atoms with Gasteiger partial charge in [0.15, 0.2) is 5.69 Å². The van der Waals surface area contributed by atoms with Gasteiger partial charge in [-0.25, -0.2) is 9.78 Å². The molecule has 3 aromatic rings. The maximum absolute atomic E-state index is 13.8. The van der Waals surface area contributed by atoms with Crippen molar-refractivity contribution in [2.75, 3.05) is 19.0 Å². The molecule has 0 aliphatic heterocycles. The number of pyridine rings is 1. The van der Waals surface area contributed by atoms with Gasteiger partial charge in [0.25, 0.3) is 11.8 Å². The van der Waals surface area contributed by atoms with E-state index in [-0.39, 0.29) is 39.8 Å². The van der Waals surface area contributed by atoms with Gasteiger partial charge in [-0.3, -0.25) is 19.8 Å². The maximum atomic E-state index is 13.8. The summed E-state index contributed by atoms with van der Waals surface area (Å²) < 4.78 is 16.4. The van der Waals surface area contributed by atoms with Crippen molar-refractivity contribution in [2.45, 2.75) is 52.4 Å². The van der Waals surface area contributed by atoms with Crippen LogP contribution in [0.1, 0.15) is 82.5 Å². The van der Waals surface area contributed by atoms with Crippen molar-refractivity contribution < 1.29 is 33.4 Å². The number of amides is 2. The van der Waals surface area contributed by atoms with E-state index in [0.29, 0.717) is 41.4 Å². The lowest BCUT2D eigenvalue weighted by Crippen LogP contribution is -2.40.